The van der Waals surface area contributed by atoms with Crippen LogP contribution in [0.25, 0.3) is 0 Å². The van der Waals surface area contributed by atoms with Crippen LogP contribution < -0.4 is 5.73 Å². The molecule has 0 fully saturated rings. The lowest BCUT2D eigenvalue weighted by atomic mass is 10.1. The normalized spacial score (nSPS) is 12.6. The minimum Gasteiger partial charge on any atom is -0.350 e. The van der Waals surface area contributed by atoms with Gasteiger partial charge in [-0.1, -0.05) is 46.9 Å². The monoisotopic (exact) mass is 340 g/mol. The number of hydrogen-bond acceptors (Lipinski definition) is 1. The molecule has 102 valence electrons. The van der Waals surface area contributed by atoms with Gasteiger partial charge in [-0.2, -0.15) is 0 Å². The summed E-state index contributed by atoms with van der Waals surface area (Å²) in [5.74, 6) is 0. The second-order valence-corrected chi connectivity index (χ2v) is 6.07. The number of hydrogen-bond donors (Lipinski definition) is 1. The molecule has 1 aromatic heterocycles. The minimum absolute atomic E-state index is 0.131. The topological polar surface area (TPSA) is 30.9 Å². The fourth-order valence-corrected chi connectivity index (χ4v) is 2.83. The van der Waals surface area contributed by atoms with Crippen molar-refractivity contribution in [2.24, 2.45) is 5.73 Å². The Labute approximate surface area is 127 Å². The zero-order valence-electron chi connectivity index (χ0n) is 10.9. The average molecular weight is 342 g/mol. The second-order valence-electron chi connectivity index (χ2n) is 4.75. The van der Waals surface area contributed by atoms with Crippen molar-refractivity contribution in [3.63, 3.8) is 0 Å². The third-order valence-electron chi connectivity index (χ3n) is 3.17. The maximum atomic E-state index is 6.23. The Bertz CT molecular complexity index is 551. The zero-order valence-corrected chi connectivity index (χ0v) is 13.3. The van der Waals surface area contributed by atoms with Gasteiger partial charge < -0.3 is 10.3 Å². The lowest BCUT2D eigenvalue weighted by molar-refractivity contribution is 0.636. The molecule has 19 heavy (non-hydrogen) atoms. The lowest BCUT2D eigenvalue weighted by Crippen LogP contribution is -2.08. The van der Waals surface area contributed by atoms with Crippen LogP contribution in [0.1, 0.15) is 36.9 Å². The quantitative estimate of drug-likeness (QED) is 0.835. The van der Waals surface area contributed by atoms with E-state index in [2.05, 4.69) is 45.9 Å². The van der Waals surface area contributed by atoms with Gasteiger partial charge in [-0.25, -0.2) is 0 Å². The van der Waals surface area contributed by atoms with Crippen LogP contribution in [0.4, 0.5) is 0 Å². The van der Waals surface area contributed by atoms with Crippen molar-refractivity contribution in [2.45, 2.75) is 32.4 Å². The van der Waals surface area contributed by atoms with Crippen molar-refractivity contribution in [3.05, 3.63) is 57.3 Å². The van der Waals surface area contributed by atoms with Crippen LogP contribution in [0.2, 0.25) is 5.02 Å². The predicted molar refractivity (Wildman–Crippen MR) is 84.5 cm³/mol. The summed E-state index contributed by atoms with van der Waals surface area (Å²) < 4.78 is 3.12. The van der Waals surface area contributed by atoms with E-state index in [1.165, 1.54) is 5.56 Å². The van der Waals surface area contributed by atoms with Gasteiger partial charge in [0.25, 0.3) is 0 Å². The SMILES string of the molecule is CCCC(N)c1ccn(Cc2ccc(Br)cc2Cl)c1. The van der Waals surface area contributed by atoms with E-state index < -0.39 is 0 Å². The van der Waals surface area contributed by atoms with E-state index in [1.807, 2.05) is 18.2 Å². The summed E-state index contributed by atoms with van der Waals surface area (Å²) in [6.07, 6.45) is 6.29. The largest absolute Gasteiger partial charge is 0.350 e. The molecule has 0 amide bonds. The summed E-state index contributed by atoms with van der Waals surface area (Å²) in [4.78, 5) is 0. The summed E-state index contributed by atoms with van der Waals surface area (Å²) >= 11 is 9.64. The first-order valence-corrected chi connectivity index (χ1v) is 7.62. The summed E-state index contributed by atoms with van der Waals surface area (Å²) in [5.41, 5.74) is 8.41. The smallest absolute Gasteiger partial charge is 0.0485 e. The number of nitrogens with two attached hydrogens (primary N) is 1. The standard InChI is InChI=1S/C15H18BrClN2/c1-2-3-15(18)12-6-7-19(10-12)9-11-4-5-13(16)8-14(11)17/h4-8,10,15H,2-3,9,18H2,1H3. The molecule has 0 saturated carbocycles. The Kier molecular flexibility index (Phi) is 5.08. The molecule has 2 rings (SSSR count). The van der Waals surface area contributed by atoms with Gasteiger partial charge in [0, 0.05) is 34.5 Å². The van der Waals surface area contributed by atoms with Crippen molar-refractivity contribution in [1.82, 2.24) is 4.57 Å². The van der Waals surface area contributed by atoms with Crippen LogP contribution in [0, 0.1) is 0 Å². The molecule has 1 atom stereocenters. The van der Waals surface area contributed by atoms with Crippen molar-refractivity contribution in [3.8, 4) is 0 Å². The van der Waals surface area contributed by atoms with Gasteiger partial charge in [-0.15, -0.1) is 0 Å². The molecule has 0 bridgehead atoms. The minimum atomic E-state index is 0.131. The molecule has 2 aromatic rings. The highest BCUT2D eigenvalue weighted by molar-refractivity contribution is 9.10. The maximum Gasteiger partial charge on any atom is 0.0485 e. The Morgan fingerprint density at radius 1 is 1.37 bits per heavy atom. The Morgan fingerprint density at radius 3 is 2.84 bits per heavy atom. The highest BCUT2D eigenvalue weighted by atomic mass is 79.9. The number of nitrogens with zero attached hydrogens (tertiary/aromatic N) is 1. The molecular formula is C15H18BrClN2. The van der Waals surface area contributed by atoms with Gasteiger partial charge in [-0.3, -0.25) is 0 Å². The third kappa shape index (κ3) is 3.85. The third-order valence-corrected chi connectivity index (χ3v) is 4.01. The summed E-state index contributed by atoms with van der Waals surface area (Å²) in [7, 11) is 0. The van der Waals surface area contributed by atoms with Crippen LogP contribution in [-0.2, 0) is 6.54 Å². The molecule has 1 unspecified atom stereocenters. The van der Waals surface area contributed by atoms with Gasteiger partial charge in [0.05, 0.1) is 0 Å². The molecule has 0 aliphatic carbocycles. The fraction of sp³-hybridized carbons (Fsp3) is 0.333. The van der Waals surface area contributed by atoms with E-state index in [4.69, 9.17) is 17.3 Å². The molecule has 0 spiro atoms. The molecule has 4 heteroatoms. The van der Waals surface area contributed by atoms with Gasteiger partial charge >= 0.3 is 0 Å². The molecule has 2 N–H and O–H groups in total. The number of aromatic nitrogens is 1. The summed E-state index contributed by atoms with van der Waals surface area (Å²) in [6, 6.07) is 8.19. The van der Waals surface area contributed by atoms with Crippen LogP contribution >= 0.6 is 27.5 Å². The van der Waals surface area contributed by atoms with E-state index in [1.54, 1.807) is 0 Å². The Balaban J connectivity index is 2.11. The van der Waals surface area contributed by atoms with Crippen molar-refractivity contribution < 1.29 is 0 Å². The number of rotatable bonds is 5. The molecule has 2 nitrogen and oxygen atoms in total. The highest BCUT2D eigenvalue weighted by Gasteiger charge is 2.07. The number of benzene rings is 1. The summed E-state index contributed by atoms with van der Waals surface area (Å²) in [5, 5.41) is 0.780. The van der Waals surface area contributed by atoms with E-state index in [-0.39, 0.29) is 6.04 Å². The van der Waals surface area contributed by atoms with E-state index in [9.17, 15) is 0 Å². The Hall–Kier alpha value is -0.770. The molecule has 1 aromatic carbocycles. The van der Waals surface area contributed by atoms with E-state index in [0.717, 1.165) is 34.4 Å². The van der Waals surface area contributed by atoms with Crippen LogP contribution in [0.15, 0.2) is 41.1 Å². The maximum absolute atomic E-state index is 6.23. The molecule has 0 aliphatic heterocycles. The summed E-state index contributed by atoms with van der Waals surface area (Å²) in [6.45, 7) is 2.92. The molecular weight excluding hydrogens is 324 g/mol. The molecule has 0 saturated heterocycles. The first-order valence-electron chi connectivity index (χ1n) is 6.45. The van der Waals surface area contributed by atoms with Gasteiger partial charge in [0.15, 0.2) is 0 Å². The van der Waals surface area contributed by atoms with Crippen LogP contribution in [-0.4, -0.2) is 4.57 Å². The predicted octanol–water partition coefficient (Wildman–Crippen LogP) is 4.75. The highest BCUT2D eigenvalue weighted by Crippen LogP contribution is 2.23. The van der Waals surface area contributed by atoms with E-state index >= 15 is 0 Å². The Morgan fingerprint density at radius 2 is 2.16 bits per heavy atom. The van der Waals surface area contributed by atoms with Gasteiger partial charge in [0.1, 0.15) is 0 Å². The van der Waals surface area contributed by atoms with Crippen molar-refractivity contribution in [2.75, 3.05) is 0 Å². The van der Waals surface area contributed by atoms with Crippen molar-refractivity contribution >= 4 is 27.5 Å². The lowest BCUT2D eigenvalue weighted by Gasteiger charge is -2.08. The van der Waals surface area contributed by atoms with Gasteiger partial charge in [0.2, 0.25) is 0 Å². The zero-order chi connectivity index (χ0) is 13.8. The first kappa shape index (κ1) is 14.6. The van der Waals surface area contributed by atoms with Gasteiger partial charge in [-0.05, 0) is 35.7 Å². The van der Waals surface area contributed by atoms with Crippen LogP contribution in [0.3, 0.4) is 0 Å². The van der Waals surface area contributed by atoms with Crippen molar-refractivity contribution in [1.29, 1.82) is 0 Å². The molecule has 0 aliphatic rings. The molecule has 0 radical (unpaired) electrons. The van der Waals surface area contributed by atoms with E-state index in [0.29, 0.717) is 0 Å². The first-order chi connectivity index (χ1) is 9.10. The molecule has 1 heterocycles. The number of halogens is 2. The van der Waals surface area contributed by atoms with Crippen LogP contribution in [0.5, 0.6) is 0 Å². The average Bonchev–Trinajstić information content (AvgIpc) is 2.82. The second kappa shape index (κ2) is 6.60. The fourth-order valence-electron chi connectivity index (χ4n) is 2.10.